The maximum atomic E-state index is 12.7. The molecule has 1 aromatic heterocycles. The van der Waals surface area contributed by atoms with Crippen molar-refractivity contribution in [2.75, 3.05) is 7.05 Å². The number of alkyl halides is 3. The number of likely N-dealkylation sites (N-methyl/N-ethyl adjacent to an activating group) is 1. The second-order valence-corrected chi connectivity index (χ2v) is 4.79. The number of halogens is 3. The van der Waals surface area contributed by atoms with Crippen molar-refractivity contribution in [1.82, 2.24) is 25.5 Å². The molecule has 0 spiro atoms. The van der Waals surface area contributed by atoms with Gasteiger partial charge in [-0.05, 0) is 30.3 Å². The van der Waals surface area contributed by atoms with Gasteiger partial charge in [-0.3, -0.25) is 0 Å². The first-order valence-electron chi connectivity index (χ1n) is 6.45. The molecule has 1 aromatic carbocycles. The van der Waals surface area contributed by atoms with Crippen LogP contribution in [0.4, 0.5) is 13.2 Å². The molecule has 1 unspecified atom stereocenters. The van der Waals surface area contributed by atoms with E-state index in [4.69, 9.17) is 0 Å². The number of nitrogens with one attached hydrogen (secondary N) is 1. The smallest absolute Gasteiger partial charge is 0.316 e. The number of aryl methyl sites for hydroxylation is 1. The Balaban J connectivity index is 2.08. The fraction of sp³-hybridized carbons (Fsp3) is 0.462. The summed E-state index contributed by atoms with van der Waals surface area (Å²) in [4.78, 5) is 1.35. The van der Waals surface area contributed by atoms with Crippen LogP contribution in [-0.4, -0.2) is 33.3 Å². The van der Waals surface area contributed by atoms with Crippen LogP contribution in [-0.2, 0) is 26.1 Å². The van der Waals surface area contributed by atoms with Crippen LogP contribution < -0.4 is 5.32 Å². The van der Waals surface area contributed by atoms with Crippen LogP contribution in [0.2, 0.25) is 0 Å². The van der Waals surface area contributed by atoms with Gasteiger partial charge in [0.1, 0.15) is 0 Å². The first kappa shape index (κ1) is 15.4. The molecule has 2 aromatic rings. The van der Waals surface area contributed by atoms with Gasteiger partial charge in [0.25, 0.3) is 0 Å². The summed E-state index contributed by atoms with van der Waals surface area (Å²) in [6.45, 7) is 0. The fourth-order valence-corrected chi connectivity index (χ4v) is 2.06. The van der Waals surface area contributed by atoms with Crippen molar-refractivity contribution in [3.63, 3.8) is 0 Å². The fourth-order valence-electron chi connectivity index (χ4n) is 2.06. The highest BCUT2D eigenvalue weighted by atomic mass is 19.4. The lowest BCUT2D eigenvalue weighted by atomic mass is 10.0. The van der Waals surface area contributed by atoms with Crippen molar-refractivity contribution >= 4 is 0 Å². The quantitative estimate of drug-likeness (QED) is 0.911. The van der Waals surface area contributed by atoms with E-state index < -0.39 is 11.7 Å². The summed E-state index contributed by atoms with van der Waals surface area (Å²) in [6.07, 6.45) is -3.36. The predicted molar refractivity (Wildman–Crippen MR) is 70.5 cm³/mol. The van der Waals surface area contributed by atoms with E-state index in [0.29, 0.717) is 24.2 Å². The van der Waals surface area contributed by atoms with Crippen LogP contribution in [0.5, 0.6) is 0 Å². The Labute approximate surface area is 120 Å². The topological polar surface area (TPSA) is 55.6 Å². The molecule has 21 heavy (non-hydrogen) atoms. The van der Waals surface area contributed by atoms with Gasteiger partial charge in [0.05, 0.1) is 12.6 Å². The molecule has 0 aliphatic heterocycles. The third kappa shape index (κ3) is 4.25. The minimum atomic E-state index is -4.32. The number of hydrogen-bond donors (Lipinski definition) is 1. The van der Waals surface area contributed by atoms with Crippen molar-refractivity contribution in [2.45, 2.75) is 25.1 Å². The maximum absolute atomic E-state index is 12.7. The summed E-state index contributed by atoms with van der Waals surface area (Å²) < 4.78 is 38.1. The van der Waals surface area contributed by atoms with Crippen molar-refractivity contribution in [3.05, 3.63) is 41.2 Å². The molecule has 0 amide bonds. The molecule has 2 rings (SSSR count). The molecule has 1 heterocycles. The third-order valence-electron chi connectivity index (χ3n) is 3.12. The molecule has 0 saturated carbocycles. The number of rotatable bonds is 5. The summed E-state index contributed by atoms with van der Waals surface area (Å²) in [5.41, 5.74) is -0.0134. The zero-order valence-electron chi connectivity index (χ0n) is 11.7. The van der Waals surface area contributed by atoms with Gasteiger partial charge in [-0.15, -0.1) is 10.2 Å². The Hall–Kier alpha value is -1.96. The number of hydrogen-bond acceptors (Lipinski definition) is 4. The SMILES string of the molecule is CNC(Cc1cccc(C(F)(F)F)c1)Cc1nnn(C)n1. The van der Waals surface area contributed by atoms with Crippen LogP contribution in [0.15, 0.2) is 24.3 Å². The molecule has 0 aliphatic rings. The van der Waals surface area contributed by atoms with Crippen LogP contribution >= 0.6 is 0 Å². The van der Waals surface area contributed by atoms with E-state index in [2.05, 4.69) is 20.7 Å². The highest BCUT2D eigenvalue weighted by Gasteiger charge is 2.30. The Morgan fingerprint density at radius 2 is 2.05 bits per heavy atom. The molecule has 0 aliphatic carbocycles. The van der Waals surface area contributed by atoms with Gasteiger partial charge < -0.3 is 5.32 Å². The Kier molecular flexibility index (Phi) is 4.56. The largest absolute Gasteiger partial charge is 0.416 e. The number of aromatic nitrogens is 4. The van der Waals surface area contributed by atoms with Crippen LogP contribution in [0.3, 0.4) is 0 Å². The van der Waals surface area contributed by atoms with Gasteiger partial charge in [0.15, 0.2) is 5.82 Å². The van der Waals surface area contributed by atoms with E-state index in [1.54, 1.807) is 20.2 Å². The molecule has 0 radical (unpaired) electrons. The minimum absolute atomic E-state index is 0.0577. The molecule has 0 bridgehead atoms. The van der Waals surface area contributed by atoms with Gasteiger partial charge in [0.2, 0.25) is 0 Å². The normalized spacial score (nSPS) is 13.4. The number of benzene rings is 1. The highest BCUT2D eigenvalue weighted by Crippen LogP contribution is 2.29. The molecular weight excluding hydrogens is 283 g/mol. The summed E-state index contributed by atoms with van der Waals surface area (Å²) in [5, 5.41) is 14.8. The predicted octanol–water partition coefficient (Wildman–Crippen LogP) is 1.60. The van der Waals surface area contributed by atoms with Gasteiger partial charge in [-0.25, -0.2) is 0 Å². The average Bonchev–Trinajstić information content (AvgIpc) is 2.83. The zero-order chi connectivity index (χ0) is 15.5. The van der Waals surface area contributed by atoms with Crippen LogP contribution in [0.1, 0.15) is 17.0 Å². The maximum Gasteiger partial charge on any atom is 0.416 e. The van der Waals surface area contributed by atoms with Crippen molar-refractivity contribution in [1.29, 1.82) is 0 Å². The van der Waals surface area contributed by atoms with E-state index in [0.717, 1.165) is 6.07 Å². The molecule has 0 saturated heterocycles. The van der Waals surface area contributed by atoms with Crippen molar-refractivity contribution in [3.8, 4) is 0 Å². The lowest BCUT2D eigenvalue weighted by Gasteiger charge is -2.15. The second-order valence-electron chi connectivity index (χ2n) is 4.79. The van der Waals surface area contributed by atoms with E-state index >= 15 is 0 Å². The molecule has 5 nitrogen and oxygen atoms in total. The molecule has 114 valence electrons. The minimum Gasteiger partial charge on any atom is -0.316 e. The highest BCUT2D eigenvalue weighted by molar-refractivity contribution is 5.26. The van der Waals surface area contributed by atoms with E-state index in [1.165, 1.54) is 16.9 Å². The van der Waals surface area contributed by atoms with E-state index in [-0.39, 0.29) is 6.04 Å². The van der Waals surface area contributed by atoms with Gasteiger partial charge in [0, 0.05) is 12.5 Å². The van der Waals surface area contributed by atoms with Crippen LogP contribution in [0, 0.1) is 0 Å². The van der Waals surface area contributed by atoms with E-state index in [1.807, 2.05) is 0 Å². The Bertz CT molecular complexity index is 593. The Morgan fingerprint density at radius 1 is 1.29 bits per heavy atom. The first-order chi connectivity index (χ1) is 9.88. The first-order valence-corrected chi connectivity index (χ1v) is 6.45. The zero-order valence-corrected chi connectivity index (χ0v) is 11.7. The van der Waals surface area contributed by atoms with Crippen molar-refractivity contribution < 1.29 is 13.2 Å². The standard InChI is InChI=1S/C13H16F3N5/c1-17-11(8-12-18-20-21(2)19-12)7-9-4-3-5-10(6-9)13(14,15)16/h3-6,11,17H,7-8H2,1-2H3. The molecule has 0 fully saturated rings. The summed E-state index contributed by atoms with van der Waals surface area (Å²) in [7, 11) is 3.42. The summed E-state index contributed by atoms with van der Waals surface area (Å²) >= 11 is 0. The summed E-state index contributed by atoms with van der Waals surface area (Å²) in [6, 6.07) is 5.30. The second kappa shape index (κ2) is 6.21. The van der Waals surface area contributed by atoms with Crippen LogP contribution in [0.25, 0.3) is 0 Å². The summed E-state index contributed by atoms with van der Waals surface area (Å²) in [5.74, 6) is 0.559. The van der Waals surface area contributed by atoms with E-state index in [9.17, 15) is 13.2 Å². The average molecular weight is 299 g/mol. The molecular formula is C13H16F3N5. The monoisotopic (exact) mass is 299 g/mol. The number of nitrogens with zero attached hydrogens (tertiary/aromatic N) is 4. The van der Waals surface area contributed by atoms with Gasteiger partial charge in [-0.1, -0.05) is 18.2 Å². The Morgan fingerprint density at radius 3 is 2.62 bits per heavy atom. The lowest BCUT2D eigenvalue weighted by molar-refractivity contribution is -0.137. The molecule has 1 atom stereocenters. The number of tetrazole rings is 1. The molecule has 1 N–H and O–H groups in total. The van der Waals surface area contributed by atoms with Gasteiger partial charge >= 0.3 is 6.18 Å². The third-order valence-corrected chi connectivity index (χ3v) is 3.12. The van der Waals surface area contributed by atoms with Crippen molar-refractivity contribution in [2.24, 2.45) is 7.05 Å². The lowest BCUT2D eigenvalue weighted by Crippen LogP contribution is -2.30. The molecule has 8 heteroatoms. The van der Waals surface area contributed by atoms with Gasteiger partial charge in [-0.2, -0.15) is 18.0 Å².